The maximum absolute atomic E-state index is 13.1. The predicted molar refractivity (Wildman–Crippen MR) is 125 cm³/mol. The van der Waals surface area contributed by atoms with Gasteiger partial charge in [0.05, 0.1) is 22.3 Å². The third-order valence-electron chi connectivity index (χ3n) is 4.73. The Labute approximate surface area is 188 Å². The van der Waals surface area contributed by atoms with E-state index in [1.807, 2.05) is 47.6 Å². The summed E-state index contributed by atoms with van der Waals surface area (Å²) < 4.78 is 3.24. The maximum Gasteiger partial charge on any atom is 0.263 e. The molecule has 0 radical (unpaired) electrons. The highest BCUT2D eigenvalue weighted by molar-refractivity contribution is 7.19. The number of hydrogen-bond acceptors (Lipinski definition) is 8. The Morgan fingerprint density at radius 2 is 2.13 bits per heavy atom. The molecule has 0 saturated heterocycles. The average Bonchev–Trinajstić information content (AvgIpc) is 3.51. The zero-order valence-electron chi connectivity index (χ0n) is 16.5. The quantitative estimate of drug-likeness (QED) is 0.421. The Balaban J connectivity index is 1.40. The molecule has 0 fully saturated rings. The van der Waals surface area contributed by atoms with Crippen LogP contribution in [0.15, 0.2) is 46.4 Å². The number of nitrogens with zero attached hydrogens (tertiary/aromatic N) is 5. The summed E-state index contributed by atoms with van der Waals surface area (Å²) in [7, 11) is 1.91. The number of nitrogens with one attached hydrogen (secondary N) is 1. The van der Waals surface area contributed by atoms with Crippen LogP contribution < -0.4 is 10.9 Å². The third-order valence-corrected chi connectivity index (χ3v) is 7.59. The number of carbonyl (C=O) groups excluding carboxylic acids is 1. The normalized spacial score (nSPS) is 11.3. The van der Waals surface area contributed by atoms with Crippen LogP contribution in [-0.2, 0) is 18.4 Å². The minimum Gasteiger partial charge on any atom is -0.333 e. The molecule has 0 unspecified atom stereocenters. The van der Waals surface area contributed by atoms with Gasteiger partial charge >= 0.3 is 0 Å². The van der Waals surface area contributed by atoms with Gasteiger partial charge < -0.3 is 9.88 Å². The molecule has 156 valence electrons. The van der Waals surface area contributed by atoms with Gasteiger partial charge in [-0.2, -0.15) is 0 Å². The molecule has 5 aromatic rings. The molecule has 0 aliphatic heterocycles. The van der Waals surface area contributed by atoms with Gasteiger partial charge in [-0.1, -0.05) is 17.4 Å². The molecular formula is C20H16N6O2S3. The highest BCUT2D eigenvalue weighted by Gasteiger charge is 2.17. The van der Waals surface area contributed by atoms with Gasteiger partial charge in [-0.05, 0) is 18.4 Å². The number of thiophene rings is 2. The molecule has 0 bridgehead atoms. The van der Waals surface area contributed by atoms with E-state index in [2.05, 4.69) is 20.3 Å². The summed E-state index contributed by atoms with van der Waals surface area (Å²) in [5.74, 6) is 0.455. The number of anilines is 1. The topological polar surface area (TPSA) is 94.7 Å². The summed E-state index contributed by atoms with van der Waals surface area (Å²) in [5, 5.41) is 7.71. The second-order valence-electron chi connectivity index (χ2n) is 6.83. The number of aryl methyl sites for hydroxylation is 2. The second kappa shape index (κ2) is 7.84. The Hall–Kier alpha value is -3.15. The van der Waals surface area contributed by atoms with Crippen LogP contribution in [0, 0.1) is 6.92 Å². The van der Waals surface area contributed by atoms with Crippen molar-refractivity contribution in [1.82, 2.24) is 24.1 Å². The molecule has 1 N–H and O–H groups in total. The van der Waals surface area contributed by atoms with Crippen LogP contribution in [0.2, 0.25) is 0 Å². The summed E-state index contributed by atoms with van der Waals surface area (Å²) in [6.07, 6.45) is 5.00. The van der Waals surface area contributed by atoms with Gasteiger partial charge in [0.1, 0.15) is 11.4 Å². The van der Waals surface area contributed by atoms with Gasteiger partial charge in [-0.25, -0.2) is 15.0 Å². The van der Waals surface area contributed by atoms with E-state index >= 15 is 0 Å². The molecular weight excluding hydrogens is 452 g/mol. The molecule has 0 spiro atoms. The van der Waals surface area contributed by atoms with Crippen molar-refractivity contribution >= 4 is 55.3 Å². The van der Waals surface area contributed by atoms with E-state index in [1.54, 1.807) is 17.5 Å². The lowest BCUT2D eigenvalue weighted by molar-refractivity contribution is -0.116. The minimum absolute atomic E-state index is 0.141. The molecule has 0 aliphatic rings. The van der Waals surface area contributed by atoms with Gasteiger partial charge in [-0.3, -0.25) is 14.2 Å². The van der Waals surface area contributed by atoms with Crippen LogP contribution in [-0.4, -0.2) is 30.0 Å². The Morgan fingerprint density at radius 3 is 2.87 bits per heavy atom. The molecule has 0 saturated carbocycles. The van der Waals surface area contributed by atoms with Crippen molar-refractivity contribution in [3.05, 3.63) is 57.7 Å². The second-order valence-corrected chi connectivity index (χ2v) is 9.63. The summed E-state index contributed by atoms with van der Waals surface area (Å²) >= 11 is 4.35. The zero-order valence-corrected chi connectivity index (χ0v) is 19.0. The lowest BCUT2D eigenvalue weighted by Gasteiger charge is -2.05. The van der Waals surface area contributed by atoms with Crippen molar-refractivity contribution in [2.75, 3.05) is 5.32 Å². The van der Waals surface area contributed by atoms with Crippen molar-refractivity contribution in [3.8, 4) is 21.1 Å². The number of imidazole rings is 1. The monoisotopic (exact) mass is 468 g/mol. The van der Waals surface area contributed by atoms with Crippen LogP contribution in [0.3, 0.4) is 0 Å². The fourth-order valence-corrected chi connectivity index (χ4v) is 5.99. The highest BCUT2D eigenvalue weighted by atomic mass is 32.1. The van der Waals surface area contributed by atoms with E-state index in [9.17, 15) is 9.59 Å². The summed E-state index contributed by atoms with van der Waals surface area (Å²) in [5.41, 5.74) is 1.42. The molecule has 1 amide bonds. The van der Waals surface area contributed by atoms with Crippen LogP contribution in [0.4, 0.5) is 5.13 Å². The van der Waals surface area contributed by atoms with E-state index in [1.165, 1.54) is 33.6 Å². The Morgan fingerprint density at radius 1 is 1.26 bits per heavy atom. The van der Waals surface area contributed by atoms with Gasteiger partial charge in [0.2, 0.25) is 5.91 Å². The van der Waals surface area contributed by atoms with Gasteiger partial charge in [0.25, 0.3) is 5.56 Å². The fourth-order valence-electron chi connectivity index (χ4n) is 3.25. The lowest BCUT2D eigenvalue weighted by Crippen LogP contribution is -2.27. The maximum atomic E-state index is 13.1. The average molecular weight is 469 g/mol. The van der Waals surface area contributed by atoms with E-state index < -0.39 is 0 Å². The van der Waals surface area contributed by atoms with E-state index in [0.717, 1.165) is 26.8 Å². The van der Waals surface area contributed by atoms with Crippen LogP contribution in [0.25, 0.3) is 31.4 Å². The SMILES string of the molecule is Cc1nc(NC(=O)Cn2cnc3scc(-c4cccs4)c3c2=O)sc1-c1nccn1C. The lowest BCUT2D eigenvalue weighted by atomic mass is 10.2. The minimum atomic E-state index is -0.337. The van der Waals surface area contributed by atoms with Crippen molar-refractivity contribution in [2.45, 2.75) is 13.5 Å². The smallest absolute Gasteiger partial charge is 0.263 e. The number of hydrogen-bond donors (Lipinski definition) is 1. The van der Waals surface area contributed by atoms with Crippen molar-refractivity contribution in [2.24, 2.45) is 7.05 Å². The fraction of sp³-hybridized carbons (Fsp3) is 0.150. The number of rotatable bonds is 5. The predicted octanol–water partition coefficient (Wildman–Crippen LogP) is 3.99. The number of aromatic nitrogens is 5. The first kappa shape index (κ1) is 19.8. The first-order valence-electron chi connectivity index (χ1n) is 9.26. The molecule has 0 aromatic carbocycles. The number of fused-ring (bicyclic) bond motifs is 1. The van der Waals surface area contributed by atoms with Crippen LogP contribution >= 0.6 is 34.0 Å². The number of thiazole rings is 1. The highest BCUT2D eigenvalue weighted by Crippen LogP contribution is 2.33. The van der Waals surface area contributed by atoms with Gasteiger partial charge in [0.15, 0.2) is 11.0 Å². The number of carbonyl (C=O) groups is 1. The van der Waals surface area contributed by atoms with Gasteiger partial charge in [0, 0.05) is 35.3 Å². The molecule has 31 heavy (non-hydrogen) atoms. The third kappa shape index (κ3) is 3.60. The number of amides is 1. The standard InChI is InChI=1S/C20H16N6O2S3/c1-11-16(17-21-5-6-25(17)2)31-20(23-11)24-14(27)8-26-10-22-18-15(19(26)28)12(9-30-18)13-4-3-7-29-13/h3-7,9-10H,8H2,1-2H3,(H,23,24,27). The molecule has 5 aromatic heterocycles. The summed E-state index contributed by atoms with van der Waals surface area (Å²) in [4.78, 5) is 41.4. The van der Waals surface area contributed by atoms with E-state index in [4.69, 9.17) is 0 Å². The van der Waals surface area contributed by atoms with Crippen molar-refractivity contribution in [3.63, 3.8) is 0 Å². The summed E-state index contributed by atoms with van der Waals surface area (Å²) in [6, 6.07) is 3.92. The largest absolute Gasteiger partial charge is 0.333 e. The van der Waals surface area contributed by atoms with Gasteiger partial charge in [-0.15, -0.1) is 22.7 Å². The van der Waals surface area contributed by atoms with Crippen LogP contribution in [0.1, 0.15) is 5.69 Å². The van der Waals surface area contributed by atoms with E-state index in [-0.39, 0.29) is 18.0 Å². The Kier molecular flexibility index (Phi) is 5.00. The zero-order chi connectivity index (χ0) is 21.5. The molecule has 8 nitrogen and oxygen atoms in total. The first-order valence-corrected chi connectivity index (χ1v) is 11.8. The van der Waals surface area contributed by atoms with Crippen molar-refractivity contribution < 1.29 is 4.79 Å². The van der Waals surface area contributed by atoms with Crippen LogP contribution in [0.5, 0.6) is 0 Å². The molecule has 5 rings (SSSR count). The Bertz CT molecular complexity index is 1460. The van der Waals surface area contributed by atoms with Crippen molar-refractivity contribution in [1.29, 1.82) is 0 Å². The molecule has 0 aliphatic carbocycles. The molecule has 5 heterocycles. The summed E-state index contributed by atoms with van der Waals surface area (Å²) in [6.45, 7) is 1.74. The molecule has 0 atom stereocenters. The molecule has 11 heteroatoms. The first-order chi connectivity index (χ1) is 15.0. The van der Waals surface area contributed by atoms with E-state index in [0.29, 0.717) is 15.3 Å².